The van der Waals surface area contributed by atoms with E-state index in [-0.39, 0.29) is 0 Å². The molecule has 0 radical (unpaired) electrons. The van der Waals surface area contributed by atoms with Crippen molar-refractivity contribution in [2.75, 3.05) is 26.4 Å². The number of ether oxygens (including phenoxy) is 16. The van der Waals surface area contributed by atoms with Crippen molar-refractivity contribution in [3.8, 4) is 0 Å². The van der Waals surface area contributed by atoms with Gasteiger partial charge in [0.1, 0.15) is 158 Å². The zero-order valence-corrected chi connectivity index (χ0v) is 68.6. The van der Waals surface area contributed by atoms with E-state index in [0.717, 1.165) is 6.92 Å². The Bertz CT molecular complexity index is 4490. The van der Waals surface area contributed by atoms with Gasteiger partial charge in [0.2, 0.25) is 11.8 Å². The van der Waals surface area contributed by atoms with Crippen LogP contribution < -0.4 is 20.1 Å². The summed E-state index contributed by atoms with van der Waals surface area (Å²) in [5.74, 6) is -11.4. The van der Waals surface area contributed by atoms with E-state index in [1.54, 1.807) is 0 Å². The molecule has 0 unspecified atom stereocenters. The molecule has 71 heteroatoms. The van der Waals surface area contributed by atoms with Gasteiger partial charge in [0.25, 0.3) is 0 Å². The highest BCUT2D eigenvalue weighted by molar-refractivity contribution is 7.84. The molecule has 65 nitrogen and oxygen atoms in total. The predicted molar refractivity (Wildman–Crippen MR) is 370 cm³/mol. The molecule has 2 amide bonds. The van der Waals surface area contributed by atoms with E-state index < -0.39 is 376 Å². The third-order valence-corrected chi connectivity index (χ3v) is 22.1. The number of aliphatic hydroxyl groups excluding tert-OH is 13. The lowest BCUT2D eigenvalue weighted by Gasteiger charge is -2.50. The lowest BCUT2D eigenvalue weighted by molar-refractivity contribution is -0.380. The van der Waals surface area contributed by atoms with Gasteiger partial charge in [-0.2, -0.15) is 60.0 Å². The molecular weight excluding hydrogens is 1880 g/mol. The van der Waals surface area contributed by atoms with E-state index in [4.69, 9.17) is 80.3 Å². The summed E-state index contributed by atoms with van der Waals surface area (Å²) < 4.78 is 313. The van der Waals surface area contributed by atoms with Crippen LogP contribution in [-0.4, -0.2) is 478 Å². The highest BCUT2D eigenvalue weighted by Crippen LogP contribution is 2.41. The Hall–Kier alpha value is -5.12. The molecule has 0 aromatic carbocycles. The first-order chi connectivity index (χ1) is 57.9. The number of hydrogen-bond acceptors (Lipinski definition) is 51. The van der Waals surface area contributed by atoms with E-state index in [0.29, 0.717) is 6.92 Å². The Morgan fingerprint density at radius 3 is 0.913 bits per heavy atom. The van der Waals surface area contributed by atoms with Crippen LogP contribution in [0.5, 0.6) is 0 Å². The van der Waals surface area contributed by atoms with Gasteiger partial charge in [0.05, 0.1) is 32.5 Å². The van der Waals surface area contributed by atoms with Gasteiger partial charge >= 0.3 is 86.1 Å². The second kappa shape index (κ2) is 42.4. The molecule has 0 aromatic rings. The summed E-state index contributed by atoms with van der Waals surface area (Å²) in [4.78, 5) is 77.1. The minimum absolute atomic E-state index is 0.640. The van der Waals surface area contributed by atoms with Crippen molar-refractivity contribution >= 4 is 97.9 Å². The van der Waals surface area contributed by atoms with Crippen LogP contribution in [0.4, 0.5) is 0 Å². The normalized spacial score (nSPS) is 41.9. The maximum absolute atomic E-state index is 13.3. The Labute approximate surface area is 706 Å². The SMILES string of the molecule is CC(=O)N[C@H]1[C@@H](O[C@H]2[C@H](O)[C@@H](O)[C@H](O[C@H]3[C@H](O)[C@@H](NS(=O)(=O)O)[C@@H](O[C@H]4[C@H](O)[C@@H](OS(=O)(=O)O)[C@H](OC(C)C)O[C@H]4C(=O)O)O[C@@H]3CO)O[C@H]2C(=O)O)O[C@H](COS(=O)(=O)O)[C@@H](O[C@@H]2O[C@@H](C(=O)O)[C@@H](O[C@H]3O[C@H](CO)[C@@H](O[C@@H]4O[C@@H](C(=O)O)[C@@H](O[C@H]5O[C@H](COS(=O)(=O)O)[C@@H](O)[C@H](O)[C@H]5NC(C)=O)[C@H](O)[C@H]4O)[C@H](O)[C@H]3NS(=O)(=O)O)[C@H](O)[C@H]2OS(=O)(=O)O)[C@@H]1O. The summed E-state index contributed by atoms with van der Waals surface area (Å²) in [6.07, 6.45) is -97.8. The maximum atomic E-state index is 13.3. The average Bonchev–Trinajstić information content (AvgIpc) is 0.758. The minimum Gasteiger partial charge on any atom is -0.479 e. The number of carbonyl (C=O) groups is 6. The molecule has 8 fully saturated rings. The summed E-state index contributed by atoms with van der Waals surface area (Å²) in [5.41, 5.74) is 0. The largest absolute Gasteiger partial charge is 0.479 e. The van der Waals surface area contributed by atoms with Gasteiger partial charge in [-0.3, -0.25) is 36.9 Å². The fourth-order valence-electron chi connectivity index (χ4n) is 13.9. The number of aliphatic hydroxyl groups is 13. The number of aliphatic carboxylic acids is 4. The van der Waals surface area contributed by atoms with Crippen LogP contribution in [0, 0.1) is 0 Å². The highest BCUT2D eigenvalue weighted by atomic mass is 32.3. The summed E-state index contributed by atoms with van der Waals surface area (Å²) in [5, 5.41) is 194. The summed E-state index contributed by atoms with van der Waals surface area (Å²) in [6, 6.07) is -10.0. The van der Waals surface area contributed by atoms with Crippen molar-refractivity contribution in [1.29, 1.82) is 0 Å². The van der Waals surface area contributed by atoms with E-state index in [1.807, 2.05) is 5.32 Å². The highest BCUT2D eigenvalue weighted by Gasteiger charge is 2.64. The fourth-order valence-corrected chi connectivity index (χ4v) is 16.7. The number of nitrogens with one attached hydrogen (secondary N) is 4. The van der Waals surface area contributed by atoms with Crippen molar-refractivity contribution in [2.45, 2.75) is 279 Å². The van der Waals surface area contributed by atoms with Crippen LogP contribution in [0.3, 0.4) is 0 Å². The van der Waals surface area contributed by atoms with Crippen molar-refractivity contribution in [1.82, 2.24) is 20.1 Å². The molecule has 40 atom stereocenters. The second-order valence-electron chi connectivity index (χ2n) is 28.5. The topological polar surface area (TPSA) is 1010 Å². The Morgan fingerprint density at radius 1 is 0.310 bits per heavy atom. The van der Waals surface area contributed by atoms with Crippen LogP contribution in [0.1, 0.15) is 27.7 Å². The lowest BCUT2D eigenvalue weighted by atomic mass is 9.93. The Morgan fingerprint density at radius 2 is 0.587 bits per heavy atom. The maximum Gasteiger partial charge on any atom is 0.397 e. The smallest absolute Gasteiger partial charge is 0.397 e. The summed E-state index contributed by atoms with van der Waals surface area (Å²) in [6.45, 7) is -2.17. The molecule has 0 aliphatic carbocycles. The first kappa shape index (κ1) is 106. The van der Waals surface area contributed by atoms with Gasteiger partial charge < -0.3 is 173 Å². The van der Waals surface area contributed by atoms with Crippen molar-refractivity contribution < 1.29 is 286 Å². The zero-order valence-electron chi connectivity index (χ0n) is 63.7. The molecule has 126 heavy (non-hydrogen) atoms. The molecule has 8 aliphatic heterocycles. The number of carboxylic acids is 4. The van der Waals surface area contributed by atoms with Crippen LogP contribution in [-0.2, 0) is 183 Å². The average molecular weight is 1970 g/mol. The lowest BCUT2D eigenvalue weighted by Crippen LogP contribution is -2.71. The molecule has 8 aliphatic rings. The van der Waals surface area contributed by atoms with Gasteiger partial charge in [-0.15, -0.1) is 0 Å². The molecular formula is C55H88N4O61S6. The standard InChI is InChI=1S/C55H88N4O61S6/c1-9(2)103-54-38(119-125(95,96)97)29(73)36(42(117-54)46(79)80)113-50-18(58-121(83,84)85)23(67)31(12(5-60)104-50)109-53-28(72)26(70)35(41(116-53)45(77)78)112-49-17(57-11(4)63)22(66)33(15(107-49)8-102-124(92,93)94)110-55-39(120-126(98,99)100)30(74)37(43(118-55)47(81)82)114-51-19(59-122(86,87)88)24(68)32(13(6-61)105-51)108-52-27(71)25(69)34(40(115-52)44(75)76)111-48-16(56-10(3)62)21(65)20(64)14(106-48)7-101-123(89,90)91/h9,12-43,48-55,58-61,64-74H,5-8H2,1-4H3,(H,56,62)(H,57,63)(H,75,76)(H,77,78)(H,79,80)(H,81,82)(H,83,84,85)(H,86,87,88)(H,89,90,91)(H,92,93,94)(H,95,96,97)(H,98,99,100)/t12-,13-,14-,15-,16-,17-,18-,19-,20-,21-,22-,23-,24-,25-,26-,27-,28-,29+,30+,31-,32-,33-,34+,35+,36+,37+,38-,39-,40-,41-,42-,43-,48-,49-,50-,51-,52-,53-,54-,55-/m1/s1. The first-order valence-corrected chi connectivity index (χ1v) is 44.0. The monoisotopic (exact) mass is 1970 g/mol. The Balaban J connectivity index is 1.04. The number of rotatable bonds is 38. The number of amides is 2. The van der Waals surface area contributed by atoms with Crippen LogP contribution in [0.25, 0.3) is 0 Å². The van der Waals surface area contributed by atoms with Crippen molar-refractivity contribution in [2.24, 2.45) is 0 Å². The second-order valence-corrected chi connectivity index (χ2v) is 35.1. The number of hydrogen-bond donors (Lipinski definition) is 27. The molecule has 27 N–H and O–H groups in total. The van der Waals surface area contributed by atoms with Gasteiger partial charge in [0, 0.05) is 13.8 Å². The molecule has 0 bridgehead atoms. The molecule has 0 aromatic heterocycles. The summed E-state index contributed by atoms with van der Waals surface area (Å²) >= 11 is 0. The van der Waals surface area contributed by atoms with Gasteiger partial charge in [-0.1, -0.05) is 0 Å². The molecule has 8 heterocycles. The molecule has 0 saturated carbocycles. The van der Waals surface area contributed by atoms with Gasteiger partial charge in [-0.25, -0.2) is 35.9 Å². The third-order valence-electron chi connectivity index (χ3n) is 19.2. The molecule has 730 valence electrons. The van der Waals surface area contributed by atoms with E-state index in [9.17, 15) is 189 Å². The van der Waals surface area contributed by atoms with Crippen LogP contribution >= 0.6 is 0 Å². The number of carboxylic acid groups (broad SMARTS) is 4. The van der Waals surface area contributed by atoms with Crippen LogP contribution in [0.15, 0.2) is 0 Å². The molecule has 8 saturated heterocycles. The summed E-state index contributed by atoms with van der Waals surface area (Å²) in [7, 11) is -34.6. The van der Waals surface area contributed by atoms with Crippen LogP contribution in [0.2, 0.25) is 0 Å². The van der Waals surface area contributed by atoms with Crippen molar-refractivity contribution in [3.63, 3.8) is 0 Å². The minimum atomic E-state index is -6.21. The third kappa shape index (κ3) is 27.1. The van der Waals surface area contributed by atoms with E-state index in [1.165, 1.54) is 23.3 Å². The van der Waals surface area contributed by atoms with Gasteiger partial charge in [-0.05, 0) is 13.8 Å². The van der Waals surface area contributed by atoms with E-state index >= 15 is 0 Å². The Kier molecular flexibility index (Phi) is 35.8. The quantitative estimate of drug-likeness (QED) is 0.0255. The first-order valence-electron chi connectivity index (χ1n) is 35.6. The van der Waals surface area contributed by atoms with Gasteiger partial charge in [0.15, 0.2) is 86.9 Å². The number of carbonyl (C=O) groups excluding carboxylic acids is 2. The zero-order chi connectivity index (χ0) is 94.9. The van der Waals surface area contributed by atoms with Crippen molar-refractivity contribution in [3.05, 3.63) is 0 Å². The molecule has 8 rings (SSSR count). The molecule has 0 spiro atoms. The van der Waals surface area contributed by atoms with E-state index in [2.05, 4.69) is 22.0 Å². The fraction of sp³-hybridized carbons (Fsp3) is 0.891. The predicted octanol–water partition coefficient (Wildman–Crippen LogP) is -18.3.